The van der Waals surface area contributed by atoms with E-state index >= 15 is 0 Å². The van der Waals surface area contributed by atoms with E-state index < -0.39 is 4.92 Å². The molecule has 0 aliphatic heterocycles. The van der Waals surface area contributed by atoms with Crippen LogP contribution in [0, 0.1) is 17.0 Å². The van der Waals surface area contributed by atoms with Gasteiger partial charge in [0.2, 0.25) is 0 Å². The van der Waals surface area contributed by atoms with E-state index in [1.54, 1.807) is 19.1 Å². The molecule has 0 bridgehead atoms. The van der Waals surface area contributed by atoms with Gasteiger partial charge in [0.15, 0.2) is 5.82 Å². The molecule has 0 fully saturated rings. The minimum Gasteiger partial charge on any atom is -0.388 e. The van der Waals surface area contributed by atoms with E-state index in [4.69, 9.17) is 9.63 Å². The van der Waals surface area contributed by atoms with E-state index in [1.807, 2.05) is 0 Å². The summed E-state index contributed by atoms with van der Waals surface area (Å²) in [5.74, 6) is 0.136. The number of hydrogen-bond acceptors (Lipinski definition) is 6. The van der Waals surface area contributed by atoms with E-state index in [0.717, 1.165) is 0 Å². The highest BCUT2D eigenvalue weighted by atomic mass is 16.6. The molecule has 0 saturated carbocycles. The summed E-state index contributed by atoms with van der Waals surface area (Å²) < 4.78 is 4.89. The predicted octanol–water partition coefficient (Wildman–Crippen LogP) is 1.45. The fourth-order valence-corrected chi connectivity index (χ4v) is 1.50. The van der Waals surface area contributed by atoms with Crippen LogP contribution in [0.1, 0.15) is 11.4 Å². The molecule has 7 nitrogen and oxygen atoms in total. The topological polar surface area (TPSA) is 102 Å². The fraction of sp³-hybridized carbons (Fsp3) is 0.200. The normalized spacial score (nSPS) is 10.5. The molecule has 1 heterocycles. The van der Waals surface area contributed by atoms with Crippen LogP contribution in [-0.2, 0) is 6.61 Å². The Kier molecular flexibility index (Phi) is 2.84. The van der Waals surface area contributed by atoms with Gasteiger partial charge in [0, 0.05) is 6.07 Å². The number of aliphatic hydroxyl groups is 1. The molecule has 2 rings (SSSR count). The number of nitrogens with zero attached hydrogens (tertiary/aromatic N) is 3. The second-order valence-corrected chi connectivity index (χ2v) is 3.40. The molecule has 1 N–H and O–H groups in total. The van der Waals surface area contributed by atoms with Crippen molar-refractivity contribution in [2.45, 2.75) is 13.5 Å². The third kappa shape index (κ3) is 2.00. The molecule has 0 radical (unpaired) electrons. The molecule has 17 heavy (non-hydrogen) atoms. The van der Waals surface area contributed by atoms with Gasteiger partial charge < -0.3 is 9.63 Å². The largest absolute Gasteiger partial charge is 0.388 e. The van der Waals surface area contributed by atoms with Crippen LogP contribution in [-0.4, -0.2) is 20.2 Å². The maximum Gasteiger partial charge on any atom is 0.282 e. The summed E-state index contributed by atoms with van der Waals surface area (Å²) >= 11 is 0. The van der Waals surface area contributed by atoms with Gasteiger partial charge in [0.25, 0.3) is 11.6 Å². The first-order valence-electron chi connectivity index (χ1n) is 4.81. The molecule has 0 amide bonds. The zero-order chi connectivity index (χ0) is 12.4. The zero-order valence-electron chi connectivity index (χ0n) is 8.95. The van der Waals surface area contributed by atoms with Gasteiger partial charge in [-0.25, -0.2) is 0 Å². The first-order valence-corrected chi connectivity index (χ1v) is 4.81. The van der Waals surface area contributed by atoms with Crippen LogP contribution in [0.2, 0.25) is 0 Å². The lowest BCUT2D eigenvalue weighted by atomic mass is 10.1. The smallest absolute Gasteiger partial charge is 0.282 e. The van der Waals surface area contributed by atoms with Crippen LogP contribution in [0.25, 0.3) is 11.5 Å². The third-order valence-corrected chi connectivity index (χ3v) is 2.27. The molecular weight excluding hydrogens is 226 g/mol. The molecule has 1 aromatic carbocycles. The van der Waals surface area contributed by atoms with Gasteiger partial charge in [-0.15, -0.1) is 0 Å². The Morgan fingerprint density at radius 1 is 1.53 bits per heavy atom. The monoisotopic (exact) mass is 235 g/mol. The number of hydrogen-bond donors (Lipinski definition) is 1. The van der Waals surface area contributed by atoms with Crippen LogP contribution in [0.15, 0.2) is 22.7 Å². The molecule has 0 unspecified atom stereocenters. The number of rotatable bonds is 3. The summed E-state index contributed by atoms with van der Waals surface area (Å²) in [6.45, 7) is 1.34. The van der Waals surface area contributed by atoms with E-state index in [2.05, 4.69) is 10.1 Å². The first kappa shape index (κ1) is 11.2. The van der Waals surface area contributed by atoms with Gasteiger partial charge in [-0.3, -0.25) is 10.1 Å². The highest BCUT2D eigenvalue weighted by Gasteiger charge is 2.22. The number of aromatic nitrogens is 2. The number of aryl methyl sites for hydroxylation is 1. The molecule has 88 valence electrons. The van der Waals surface area contributed by atoms with Crippen molar-refractivity contribution in [1.29, 1.82) is 0 Å². The van der Waals surface area contributed by atoms with Gasteiger partial charge in [-0.2, -0.15) is 4.98 Å². The van der Waals surface area contributed by atoms with Crippen molar-refractivity contribution >= 4 is 5.69 Å². The van der Waals surface area contributed by atoms with Crippen molar-refractivity contribution < 1.29 is 14.6 Å². The van der Waals surface area contributed by atoms with Crippen LogP contribution < -0.4 is 0 Å². The van der Waals surface area contributed by atoms with Gasteiger partial charge in [0.05, 0.1) is 4.92 Å². The van der Waals surface area contributed by atoms with Crippen molar-refractivity contribution in [1.82, 2.24) is 10.1 Å². The molecule has 0 atom stereocenters. The number of nitro benzene ring substituents is 1. The molecule has 0 aliphatic rings. The van der Waals surface area contributed by atoms with Gasteiger partial charge in [-0.1, -0.05) is 17.3 Å². The first-order chi connectivity index (χ1) is 8.13. The number of benzene rings is 1. The highest BCUT2D eigenvalue weighted by molar-refractivity contribution is 5.70. The zero-order valence-corrected chi connectivity index (χ0v) is 8.95. The summed E-state index contributed by atoms with van der Waals surface area (Å²) in [5, 5.41) is 23.2. The average molecular weight is 235 g/mol. The molecule has 0 aliphatic carbocycles. The lowest BCUT2D eigenvalue weighted by Gasteiger charge is -2.01. The summed E-state index contributed by atoms with van der Waals surface area (Å²) in [6, 6.07) is 4.66. The van der Waals surface area contributed by atoms with Crippen molar-refractivity contribution in [2.24, 2.45) is 0 Å². The van der Waals surface area contributed by atoms with Crippen LogP contribution in [0.5, 0.6) is 0 Å². The summed E-state index contributed by atoms with van der Waals surface area (Å²) in [4.78, 5) is 14.3. The third-order valence-electron chi connectivity index (χ3n) is 2.27. The van der Waals surface area contributed by atoms with E-state index in [0.29, 0.717) is 5.56 Å². The Hall–Kier alpha value is -2.28. The average Bonchev–Trinajstić information content (AvgIpc) is 2.76. The van der Waals surface area contributed by atoms with E-state index in [1.165, 1.54) is 6.07 Å². The SMILES string of the molecule is Cc1cccc([N+](=O)[O-])c1-c1nc(CO)no1. The molecule has 0 spiro atoms. The van der Waals surface area contributed by atoms with Crippen molar-refractivity contribution in [3.8, 4) is 11.5 Å². The highest BCUT2D eigenvalue weighted by Crippen LogP contribution is 2.31. The van der Waals surface area contributed by atoms with Gasteiger partial charge >= 0.3 is 0 Å². The van der Waals surface area contributed by atoms with Crippen molar-refractivity contribution in [3.63, 3.8) is 0 Å². The lowest BCUT2D eigenvalue weighted by Crippen LogP contribution is -1.94. The second kappa shape index (κ2) is 4.30. The lowest BCUT2D eigenvalue weighted by molar-refractivity contribution is -0.384. The van der Waals surface area contributed by atoms with E-state index in [9.17, 15) is 10.1 Å². The van der Waals surface area contributed by atoms with Crippen LogP contribution >= 0.6 is 0 Å². The second-order valence-electron chi connectivity index (χ2n) is 3.40. The predicted molar refractivity (Wildman–Crippen MR) is 57.0 cm³/mol. The quantitative estimate of drug-likeness (QED) is 0.637. The van der Waals surface area contributed by atoms with Crippen molar-refractivity contribution in [2.75, 3.05) is 0 Å². The molecule has 7 heteroatoms. The van der Waals surface area contributed by atoms with Crippen molar-refractivity contribution in [3.05, 3.63) is 39.7 Å². The standard InChI is InChI=1S/C10H9N3O4/c1-6-3-2-4-7(13(15)16)9(6)10-11-8(5-14)12-17-10/h2-4,14H,5H2,1H3. The Morgan fingerprint density at radius 2 is 2.29 bits per heavy atom. The summed E-state index contributed by atoms with van der Waals surface area (Å²) in [7, 11) is 0. The molecular formula is C10H9N3O4. The Balaban J connectivity index is 2.61. The summed E-state index contributed by atoms with van der Waals surface area (Å²) in [6.07, 6.45) is 0. The Labute approximate surface area is 95.9 Å². The number of aliphatic hydroxyl groups excluding tert-OH is 1. The molecule has 0 saturated heterocycles. The number of nitro groups is 1. The Bertz CT molecular complexity index is 564. The maximum atomic E-state index is 10.9. The fourth-order valence-electron chi connectivity index (χ4n) is 1.50. The van der Waals surface area contributed by atoms with E-state index in [-0.39, 0.29) is 29.6 Å². The minimum atomic E-state index is -0.509. The van der Waals surface area contributed by atoms with Crippen LogP contribution in [0.4, 0.5) is 5.69 Å². The molecule has 1 aromatic heterocycles. The van der Waals surface area contributed by atoms with Crippen LogP contribution in [0.3, 0.4) is 0 Å². The Morgan fingerprint density at radius 3 is 2.88 bits per heavy atom. The van der Waals surface area contributed by atoms with Gasteiger partial charge in [0.1, 0.15) is 12.2 Å². The van der Waals surface area contributed by atoms with Gasteiger partial charge in [-0.05, 0) is 12.5 Å². The minimum absolute atomic E-state index is 0.0406. The summed E-state index contributed by atoms with van der Waals surface area (Å²) in [5.41, 5.74) is 0.843. The molecule has 2 aromatic rings. The maximum absolute atomic E-state index is 10.9.